The minimum Gasteiger partial charge on any atom is -0.394 e. The van der Waals surface area contributed by atoms with Crippen LogP contribution >= 0.6 is 0 Å². The molecule has 1 amide bonds. The molecule has 2 atom stereocenters. The molecule has 45 heavy (non-hydrogen) atoms. The van der Waals surface area contributed by atoms with Gasteiger partial charge >= 0.3 is 0 Å². The van der Waals surface area contributed by atoms with E-state index in [0.717, 1.165) is 25.7 Å². The molecule has 0 aromatic heterocycles. The number of rotatable bonds is 37. The first-order chi connectivity index (χ1) is 22.2. The van der Waals surface area contributed by atoms with E-state index in [9.17, 15) is 15.0 Å². The van der Waals surface area contributed by atoms with Gasteiger partial charge in [-0.25, -0.2) is 0 Å². The smallest absolute Gasteiger partial charge is 0.220 e. The SMILES string of the molecule is CCCCCCCCCCCCC/C=C/[C@@H](O)[C@H](CO)NC(=O)CCCCCCCCCCCCCCCCCCCCCC. The molecule has 0 aromatic rings. The van der Waals surface area contributed by atoms with Crippen molar-refractivity contribution >= 4 is 5.91 Å². The molecule has 268 valence electrons. The normalized spacial score (nSPS) is 13.1. The molecule has 0 unspecified atom stereocenters. The molecule has 0 aliphatic heterocycles. The maximum atomic E-state index is 12.3. The Morgan fingerprint density at radius 2 is 0.822 bits per heavy atom. The molecular formula is C41H81NO3. The topological polar surface area (TPSA) is 69.6 Å². The molecule has 0 spiro atoms. The van der Waals surface area contributed by atoms with E-state index in [4.69, 9.17) is 0 Å². The van der Waals surface area contributed by atoms with Crippen molar-refractivity contribution in [3.8, 4) is 0 Å². The summed E-state index contributed by atoms with van der Waals surface area (Å²) >= 11 is 0. The van der Waals surface area contributed by atoms with Crippen LogP contribution < -0.4 is 5.32 Å². The van der Waals surface area contributed by atoms with Gasteiger partial charge in [0.05, 0.1) is 18.8 Å². The third-order valence-electron chi connectivity index (χ3n) is 9.52. The van der Waals surface area contributed by atoms with Crippen molar-refractivity contribution in [2.75, 3.05) is 6.61 Å². The minimum atomic E-state index is -0.832. The van der Waals surface area contributed by atoms with Gasteiger partial charge in [-0.1, -0.05) is 212 Å². The Balaban J connectivity index is 3.52. The molecule has 0 saturated carbocycles. The van der Waals surface area contributed by atoms with Crippen LogP contribution in [0.25, 0.3) is 0 Å². The summed E-state index contributed by atoms with van der Waals surface area (Å²) < 4.78 is 0. The first kappa shape index (κ1) is 44.1. The number of hydrogen-bond donors (Lipinski definition) is 3. The molecule has 0 saturated heterocycles. The highest BCUT2D eigenvalue weighted by Crippen LogP contribution is 2.16. The molecule has 4 nitrogen and oxygen atoms in total. The molecule has 0 aromatic carbocycles. The van der Waals surface area contributed by atoms with Gasteiger partial charge in [0.25, 0.3) is 0 Å². The van der Waals surface area contributed by atoms with Gasteiger partial charge in [-0.3, -0.25) is 4.79 Å². The van der Waals surface area contributed by atoms with Gasteiger partial charge < -0.3 is 15.5 Å². The fourth-order valence-corrected chi connectivity index (χ4v) is 6.35. The van der Waals surface area contributed by atoms with Crippen LogP contribution in [0.3, 0.4) is 0 Å². The molecule has 0 radical (unpaired) electrons. The second-order valence-electron chi connectivity index (χ2n) is 14.1. The van der Waals surface area contributed by atoms with Crippen molar-refractivity contribution in [2.45, 2.75) is 238 Å². The van der Waals surface area contributed by atoms with Crippen molar-refractivity contribution in [1.82, 2.24) is 5.32 Å². The number of amides is 1. The van der Waals surface area contributed by atoms with Crippen molar-refractivity contribution in [2.24, 2.45) is 0 Å². The summed E-state index contributed by atoms with van der Waals surface area (Å²) in [4.78, 5) is 12.3. The molecular weight excluding hydrogens is 554 g/mol. The Labute approximate surface area is 282 Å². The Bertz CT molecular complexity index is 608. The van der Waals surface area contributed by atoms with E-state index in [-0.39, 0.29) is 12.5 Å². The summed E-state index contributed by atoms with van der Waals surface area (Å²) in [6.07, 6.45) is 45.9. The summed E-state index contributed by atoms with van der Waals surface area (Å²) in [6, 6.07) is -0.615. The van der Waals surface area contributed by atoms with Gasteiger partial charge in [0.15, 0.2) is 0 Å². The van der Waals surface area contributed by atoms with Crippen molar-refractivity contribution in [3.05, 3.63) is 12.2 Å². The van der Waals surface area contributed by atoms with E-state index in [1.807, 2.05) is 6.08 Å². The zero-order valence-corrected chi connectivity index (χ0v) is 30.7. The molecule has 0 heterocycles. The quantitative estimate of drug-likeness (QED) is 0.0470. The third-order valence-corrected chi connectivity index (χ3v) is 9.52. The average molecular weight is 636 g/mol. The first-order valence-corrected chi connectivity index (χ1v) is 20.4. The van der Waals surface area contributed by atoms with Gasteiger partial charge in [-0.2, -0.15) is 0 Å². The zero-order valence-electron chi connectivity index (χ0n) is 30.7. The molecule has 0 fully saturated rings. The lowest BCUT2D eigenvalue weighted by molar-refractivity contribution is -0.123. The summed E-state index contributed by atoms with van der Waals surface area (Å²) in [5.74, 6) is -0.0609. The number of carbonyl (C=O) groups excluding carboxylic acids is 1. The predicted molar refractivity (Wildman–Crippen MR) is 198 cm³/mol. The molecule has 3 N–H and O–H groups in total. The molecule has 0 rings (SSSR count). The lowest BCUT2D eigenvalue weighted by Gasteiger charge is -2.20. The Morgan fingerprint density at radius 3 is 1.16 bits per heavy atom. The lowest BCUT2D eigenvalue weighted by Crippen LogP contribution is -2.45. The summed E-state index contributed by atoms with van der Waals surface area (Å²) in [6.45, 7) is 4.31. The van der Waals surface area contributed by atoms with E-state index in [0.29, 0.717) is 6.42 Å². The van der Waals surface area contributed by atoms with Gasteiger partial charge in [-0.05, 0) is 19.3 Å². The second kappa shape index (κ2) is 37.6. The van der Waals surface area contributed by atoms with Crippen LogP contribution in [0.15, 0.2) is 12.2 Å². The molecule has 4 heteroatoms. The number of carbonyl (C=O) groups is 1. The van der Waals surface area contributed by atoms with Crippen LogP contribution in [0.2, 0.25) is 0 Å². The zero-order chi connectivity index (χ0) is 32.9. The average Bonchev–Trinajstić information content (AvgIpc) is 3.04. The number of nitrogens with one attached hydrogen (secondary N) is 1. The number of unbranched alkanes of at least 4 members (excludes halogenated alkanes) is 30. The van der Waals surface area contributed by atoms with Gasteiger partial charge in [-0.15, -0.1) is 0 Å². The van der Waals surface area contributed by atoms with E-state index in [1.54, 1.807) is 6.08 Å². The van der Waals surface area contributed by atoms with Crippen molar-refractivity contribution in [3.63, 3.8) is 0 Å². The summed E-state index contributed by atoms with van der Waals surface area (Å²) in [5.41, 5.74) is 0. The number of aliphatic hydroxyl groups is 2. The van der Waals surface area contributed by atoms with Crippen LogP contribution in [0.4, 0.5) is 0 Å². The van der Waals surface area contributed by atoms with Crippen LogP contribution in [-0.2, 0) is 4.79 Å². The number of aliphatic hydroxyl groups excluding tert-OH is 2. The van der Waals surface area contributed by atoms with Crippen LogP contribution in [0, 0.1) is 0 Å². The standard InChI is InChI=1S/C41H81NO3/c1-3-5-7-9-11-13-15-17-18-19-20-21-22-23-25-27-29-31-33-35-37-41(45)42-39(38-43)40(44)36-34-32-30-28-26-24-16-14-12-10-8-6-4-2/h34,36,39-40,43-44H,3-33,35,37-38H2,1-2H3,(H,42,45)/b36-34+/t39-,40+/m0/s1. The van der Waals surface area contributed by atoms with E-state index in [2.05, 4.69) is 19.2 Å². The van der Waals surface area contributed by atoms with Gasteiger partial charge in [0, 0.05) is 6.42 Å². The van der Waals surface area contributed by atoms with Crippen molar-refractivity contribution < 1.29 is 15.0 Å². The maximum absolute atomic E-state index is 12.3. The highest BCUT2D eigenvalue weighted by Gasteiger charge is 2.17. The largest absolute Gasteiger partial charge is 0.394 e. The van der Waals surface area contributed by atoms with E-state index < -0.39 is 12.1 Å². The highest BCUT2D eigenvalue weighted by molar-refractivity contribution is 5.76. The van der Waals surface area contributed by atoms with Crippen LogP contribution in [0.5, 0.6) is 0 Å². The molecule has 0 aliphatic carbocycles. The fraction of sp³-hybridized carbons (Fsp3) is 0.927. The molecule has 0 bridgehead atoms. The molecule has 0 aliphatic rings. The maximum Gasteiger partial charge on any atom is 0.220 e. The summed E-state index contributed by atoms with van der Waals surface area (Å²) in [5, 5.41) is 22.9. The van der Waals surface area contributed by atoms with Crippen LogP contribution in [0.1, 0.15) is 226 Å². The number of allylic oxidation sites excluding steroid dienone is 1. The Hall–Kier alpha value is -0.870. The minimum absolute atomic E-state index is 0.0609. The van der Waals surface area contributed by atoms with E-state index >= 15 is 0 Å². The van der Waals surface area contributed by atoms with Crippen molar-refractivity contribution in [1.29, 1.82) is 0 Å². The monoisotopic (exact) mass is 636 g/mol. The number of hydrogen-bond acceptors (Lipinski definition) is 3. The Kier molecular flexibility index (Phi) is 36.9. The van der Waals surface area contributed by atoms with Crippen LogP contribution in [-0.4, -0.2) is 34.9 Å². The highest BCUT2D eigenvalue weighted by atomic mass is 16.3. The van der Waals surface area contributed by atoms with Gasteiger partial charge in [0.1, 0.15) is 0 Å². The predicted octanol–water partition coefficient (Wildman–Crippen LogP) is 12.3. The third kappa shape index (κ3) is 34.3. The van der Waals surface area contributed by atoms with E-state index in [1.165, 1.54) is 180 Å². The summed E-state index contributed by atoms with van der Waals surface area (Å²) in [7, 11) is 0. The second-order valence-corrected chi connectivity index (χ2v) is 14.1. The fourth-order valence-electron chi connectivity index (χ4n) is 6.35. The lowest BCUT2D eigenvalue weighted by atomic mass is 10.0. The Morgan fingerprint density at radius 1 is 0.511 bits per heavy atom. The van der Waals surface area contributed by atoms with Gasteiger partial charge in [0.2, 0.25) is 5.91 Å². The first-order valence-electron chi connectivity index (χ1n) is 20.4.